The van der Waals surface area contributed by atoms with E-state index in [9.17, 15) is 4.79 Å². The van der Waals surface area contributed by atoms with E-state index in [2.05, 4.69) is 51.0 Å². The molecule has 0 amide bonds. The van der Waals surface area contributed by atoms with Gasteiger partial charge in [-0.2, -0.15) is 0 Å². The number of nitrogens with zero attached hydrogens (tertiary/aromatic N) is 1. The van der Waals surface area contributed by atoms with Gasteiger partial charge in [0.25, 0.3) is 5.56 Å². The molecule has 0 aliphatic rings. The second-order valence-corrected chi connectivity index (χ2v) is 6.91. The Labute approximate surface area is 136 Å². The summed E-state index contributed by atoms with van der Waals surface area (Å²) in [6.07, 6.45) is 0. The largest absolute Gasteiger partial charge is 0.279 e. The van der Waals surface area contributed by atoms with Gasteiger partial charge >= 0.3 is 0 Å². The molecule has 3 heteroatoms. The van der Waals surface area contributed by atoms with E-state index in [0.717, 1.165) is 22.4 Å². The Morgan fingerprint density at radius 2 is 1.57 bits per heavy atom. The van der Waals surface area contributed by atoms with Gasteiger partial charge < -0.3 is 0 Å². The van der Waals surface area contributed by atoms with Crippen molar-refractivity contribution in [3.8, 4) is 22.4 Å². The summed E-state index contributed by atoms with van der Waals surface area (Å²) in [5.74, 6) is 0. The highest BCUT2D eigenvalue weighted by molar-refractivity contribution is 5.81. The predicted octanol–water partition coefficient (Wildman–Crippen LogP) is 4.57. The third-order valence-corrected chi connectivity index (χ3v) is 3.93. The third kappa shape index (κ3) is 2.87. The molecule has 1 heterocycles. The Hall–Kier alpha value is -2.55. The molecule has 1 aromatic heterocycles. The van der Waals surface area contributed by atoms with Gasteiger partial charge in [-0.1, -0.05) is 54.1 Å². The van der Waals surface area contributed by atoms with Crippen LogP contribution in [0, 0.1) is 6.92 Å². The number of nitrogens with one attached hydrogen (secondary N) is 1. The summed E-state index contributed by atoms with van der Waals surface area (Å²) < 4.78 is 1.98. The molecule has 3 nitrogen and oxygen atoms in total. The summed E-state index contributed by atoms with van der Waals surface area (Å²) in [6.45, 7) is 8.35. The maximum Gasteiger partial charge on any atom is 0.272 e. The summed E-state index contributed by atoms with van der Waals surface area (Å²) in [6, 6.07) is 18.1. The van der Waals surface area contributed by atoms with Crippen molar-refractivity contribution in [1.82, 2.24) is 9.78 Å². The van der Waals surface area contributed by atoms with Gasteiger partial charge in [-0.25, -0.2) is 0 Å². The molecule has 0 spiro atoms. The first-order valence-electron chi connectivity index (χ1n) is 7.86. The summed E-state index contributed by atoms with van der Waals surface area (Å²) in [5.41, 5.74) is 4.57. The minimum atomic E-state index is -0.217. The number of aryl methyl sites for hydroxylation is 1. The lowest BCUT2D eigenvalue weighted by atomic mass is 9.98. The van der Waals surface area contributed by atoms with E-state index in [0.29, 0.717) is 0 Å². The maximum atomic E-state index is 12.7. The summed E-state index contributed by atoms with van der Waals surface area (Å²) in [7, 11) is 0. The fourth-order valence-corrected chi connectivity index (χ4v) is 2.87. The van der Waals surface area contributed by atoms with Crippen molar-refractivity contribution in [2.24, 2.45) is 0 Å². The summed E-state index contributed by atoms with van der Waals surface area (Å²) in [5, 5.41) is 3.03. The van der Waals surface area contributed by atoms with E-state index >= 15 is 0 Å². The lowest BCUT2D eigenvalue weighted by Crippen LogP contribution is -2.25. The lowest BCUT2D eigenvalue weighted by molar-refractivity contribution is 0.358. The van der Waals surface area contributed by atoms with Gasteiger partial charge in [0.2, 0.25) is 0 Å². The Balaban J connectivity index is 2.37. The van der Waals surface area contributed by atoms with Crippen LogP contribution in [0.3, 0.4) is 0 Å². The molecule has 23 heavy (non-hydrogen) atoms. The third-order valence-electron chi connectivity index (χ3n) is 3.93. The first-order chi connectivity index (χ1) is 10.9. The van der Waals surface area contributed by atoms with Crippen molar-refractivity contribution >= 4 is 0 Å². The minimum Gasteiger partial charge on any atom is -0.279 e. The van der Waals surface area contributed by atoms with Crippen LogP contribution in [-0.2, 0) is 5.54 Å². The first-order valence-corrected chi connectivity index (χ1v) is 7.86. The topological polar surface area (TPSA) is 37.8 Å². The second kappa shape index (κ2) is 5.58. The van der Waals surface area contributed by atoms with Crippen LogP contribution in [0.25, 0.3) is 22.4 Å². The zero-order chi connectivity index (χ0) is 16.6. The quantitative estimate of drug-likeness (QED) is 0.739. The van der Waals surface area contributed by atoms with Gasteiger partial charge in [-0.05, 0) is 39.3 Å². The second-order valence-electron chi connectivity index (χ2n) is 6.91. The van der Waals surface area contributed by atoms with Gasteiger partial charge in [-0.3, -0.25) is 14.6 Å². The number of hydrogen-bond acceptors (Lipinski definition) is 1. The molecule has 3 rings (SSSR count). The molecule has 0 bridgehead atoms. The van der Waals surface area contributed by atoms with Crippen LogP contribution >= 0.6 is 0 Å². The normalized spacial score (nSPS) is 11.7. The monoisotopic (exact) mass is 306 g/mol. The number of benzene rings is 2. The van der Waals surface area contributed by atoms with E-state index in [1.54, 1.807) is 0 Å². The Morgan fingerprint density at radius 1 is 0.913 bits per heavy atom. The van der Waals surface area contributed by atoms with Gasteiger partial charge in [0.05, 0.1) is 16.8 Å². The number of aromatic nitrogens is 2. The van der Waals surface area contributed by atoms with Crippen LogP contribution in [0.1, 0.15) is 26.3 Å². The number of H-pyrrole nitrogens is 1. The van der Waals surface area contributed by atoms with Crippen LogP contribution in [0.5, 0.6) is 0 Å². The summed E-state index contributed by atoms with van der Waals surface area (Å²) in [4.78, 5) is 12.7. The fraction of sp³-hybridized carbons (Fsp3) is 0.250. The van der Waals surface area contributed by atoms with Gasteiger partial charge in [0, 0.05) is 5.56 Å². The molecule has 0 saturated heterocycles. The van der Waals surface area contributed by atoms with Crippen LogP contribution in [-0.4, -0.2) is 9.78 Å². The average Bonchev–Trinajstić information content (AvgIpc) is 2.86. The Kier molecular flexibility index (Phi) is 3.72. The SMILES string of the molecule is Cc1cccc(-c2c(-c3ccccc3)c(=O)[nH]n2C(C)(C)C)c1. The highest BCUT2D eigenvalue weighted by Gasteiger charge is 2.24. The van der Waals surface area contributed by atoms with Crippen LogP contribution < -0.4 is 5.56 Å². The van der Waals surface area contributed by atoms with E-state index in [1.807, 2.05) is 41.1 Å². The van der Waals surface area contributed by atoms with Crippen molar-refractivity contribution < 1.29 is 0 Å². The van der Waals surface area contributed by atoms with E-state index in [4.69, 9.17) is 0 Å². The molecule has 0 aliphatic carbocycles. The van der Waals surface area contributed by atoms with Gasteiger partial charge in [0.15, 0.2) is 0 Å². The highest BCUT2D eigenvalue weighted by Crippen LogP contribution is 2.33. The molecule has 3 aromatic rings. The molecule has 2 aromatic carbocycles. The lowest BCUT2D eigenvalue weighted by Gasteiger charge is -2.24. The molecule has 0 atom stereocenters. The van der Waals surface area contributed by atoms with E-state index in [-0.39, 0.29) is 11.1 Å². The minimum absolute atomic E-state index is 0.0531. The van der Waals surface area contributed by atoms with Gasteiger partial charge in [-0.15, -0.1) is 0 Å². The van der Waals surface area contributed by atoms with Crippen molar-refractivity contribution in [3.63, 3.8) is 0 Å². The molecule has 0 radical (unpaired) electrons. The van der Waals surface area contributed by atoms with Crippen LogP contribution in [0.4, 0.5) is 0 Å². The molecular formula is C20H22N2O. The molecule has 0 unspecified atom stereocenters. The van der Waals surface area contributed by atoms with Gasteiger partial charge in [0.1, 0.15) is 0 Å². The van der Waals surface area contributed by atoms with Crippen molar-refractivity contribution in [2.75, 3.05) is 0 Å². The number of aromatic amines is 1. The molecule has 118 valence electrons. The number of rotatable bonds is 2. The molecule has 0 aliphatic heterocycles. The van der Waals surface area contributed by atoms with Crippen molar-refractivity contribution in [3.05, 3.63) is 70.5 Å². The van der Waals surface area contributed by atoms with Crippen LogP contribution in [0.15, 0.2) is 59.4 Å². The Morgan fingerprint density at radius 3 is 2.17 bits per heavy atom. The van der Waals surface area contributed by atoms with E-state index in [1.165, 1.54) is 5.56 Å². The van der Waals surface area contributed by atoms with Crippen LogP contribution in [0.2, 0.25) is 0 Å². The standard InChI is InChI=1S/C20H22N2O/c1-14-9-8-12-16(13-14)18-17(15-10-6-5-7-11-15)19(23)21-22(18)20(2,3)4/h5-13H,1-4H3,(H,21,23). The summed E-state index contributed by atoms with van der Waals surface area (Å²) >= 11 is 0. The zero-order valence-electron chi connectivity index (χ0n) is 14.1. The first kappa shape index (κ1) is 15.3. The molecular weight excluding hydrogens is 284 g/mol. The zero-order valence-corrected chi connectivity index (χ0v) is 14.1. The van der Waals surface area contributed by atoms with E-state index < -0.39 is 0 Å². The highest BCUT2D eigenvalue weighted by atomic mass is 16.1. The maximum absolute atomic E-state index is 12.7. The molecule has 0 fully saturated rings. The Bertz CT molecular complexity index is 880. The number of hydrogen-bond donors (Lipinski definition) is 1. The molecule has 1 N–H and O–H groups in total. The van der Waals surface area contributed by atoms with Crippen molar-refractivity contribution in [1.29, 1.82) is 0 Å². The predicted molar refractivity (Wildman–Crippen MR) is 95.7 cm³/mol. The average molecular weight is 306 g/mol. The fourth-order valence-electron chi connectivity index (χ4n) is 2.87. The molecule has 0 saturated carbocycles. The van der Waals surface area contributed by atoms with Crippen molar-refractivity contribution in [2.45, 2.75) is 33.2 Å². The smallest absolute Gasteiger partial charge is 0.272 e.